The van der Waals surface area contributed by atoms with Gasteiger partial charge in [0.2, 0.25) is 0 Å². The fraction of sp³-hybridized carbons (Fsp3) is 0.643. The fourth-order valence-corrected chi connectivity index (χ4v) is 1.12. The third-order valence-corrected chi connectivity index (χ3v) is 1.78. The minimum absolute atomic E-state index is 0.173. The molecule has 3 heteroatoms. The van der Waals surface area contributed by atoms with Crippen molar-refractivity contribution in [2.45, 2.75) is 54.1 Å². The maximum Gasteiger partial charge on any atom is 0.123 e. The van der Waals surface area contributed by atoms with Crippen molar-refractivity contribution >= 4 is 0 Å². The largest absolute Gasteiger partial charge is 0.491 e. The summed E-state index contributed by atoms with van der Waals surface area (Å²) in [7, 11) is 0. The summed E-state index contributed by atoms with van der Waals surface area (Å²) in [6.07, 6.45) is 2.80. The second-order valence-electron chi connectivity index (χ2n) is 3.14. The summed E-state index contributed by atoms with van der Waals surface area (Å²) in [6, 6.07) is 3.78. The van der Waals surface area contributed by atoms with Gasteiger partial charge in [0.1, 0.15) is 5.75 Å². The van der Waals surface area contributed by atoms with Gasteiger partial charge in [-0.25, -0.2) is 0 Å². The Morgan fingerprint density at radius 2 is 1.88 bits per heavy atom. The molecule has 0 bridgehead atoms. The molecule has 0 saturated heterocycles. The Morgan fingerprint density at radius 1 is 1.29 bits per heavy atom. The molecule has 17 heavy (non-hydrogen) atoms. The monoisotopic (exact) mass is 240 g/mol. The first kappa shape index (κ1) is 18.3. The Morgan fingerprint density at radius 3 is 2.35 bits per heavy atom. The van der Waals surface area contributed by atoms with Crippen LogP contribution in [-0.4, -0.2) is 17.6 Å². The number of nitrogens with zero attached hydrogens (tertiary/aromatic N) is 1. The molecule has 0 aromatic carbocycles. The molecule has 1 atom stereocenters. The van der Waals surface area contributed by atoms with E-state index in [0.717, 1.165) is 17.9 Å². The molecule has 1 aromatic heterocycles. The van der Waals surface area contributed by atoms with Crippen molar-refractivity contribution in [1.82, 2.24) is 4.98 Å². The Balaban J connectivity index is 0. The third-order valence-electron chi connectivity index (χ3n) is 1.78. The van der Waals surface area contributed by atoms with Crippen LogP contribution < -0.4 is 10.5 Å². The van der Waals surface area contributed by atoms with E-state index < -0.39 is 0 Å². The maximum atomic E-state index is 5.62. The molecule has 1 heterocycles. The van der Waals surface area contributed by atoms with Gasteiger partial charge in [-0.2, -0.15) is 0 Å². The maximum absolute atomic E-state index is 5.62. The first-order valence-corrected chi connectivity index (χ1v) is 6.51. The number of pyridine rings is 1. The second-order valence-corrected chi connectivity index (χ2v) is 3.14. The van der Waals surface area contributed by atoms with Crippen LogP contribution in [0.4, 0.5) is 0 Å². The zero-order valence-corrected chi connectivity index (χ0v) is 12.2. The third kappa shape index (κ3) is 9.82. The molecule has 2 N–H and O–H groups in total. The van der Waals surface area contributed by atoms with Gasteiger partial charge in [-0.1, -0.05) is 27.7 Å². The number of aryl methyl sites for hydroxylation is 1. The summed E-state index contributed by atoms with van der Waals surface area (Å²) in [5.41, 5.74) is 6.39. The van der Waals surface area contributed by atoms with E-state index in [9.17, 15) is 0 Å². The van der Waals surface area contributed by atoms with E-state index in [0.29, 0.717) is 6.54 Å². The molecule has 0 aliphatic carbocycles. The van der Waals surface area contributed by atoms with E-state index in [2.05, 4.69) is 4.98 Å². The van der Waals surface area contributed by atoms with E-state index >= 15 is 0 Å². The van der Waals surface area contributed by atoms with Crippen LogP contribution in [0.5, 0.6) is 5.75 Å². The summed E-state index contributed by atoms with van der Waals surface area (Å²) in [5.74, 6) is 0.869. The number of aromatic nitrogens is 1. The molecular formula is C14H28N2O. The van der Waals surface area contributed by atoms with Crippen LogP contribution in [0.2, 0.25) is 0 Å². The normalized spacial score (nSPS) is 10.3. The average Bonchev–Trinajstić information content (AvgIpc) is 2.34. The van der Waals surface area contributed by atoms with Crippen molar-refractivity contribution in [2.75, 3.05) is 6.54 Å². The summed E-state index contributed by atoms with van der Waals surface area (Å²) in [5, 5.41) is 0. The van der Waals surface area contributed by atoms with Crippen molar-refractivity contribution in [2.24, 2.45) is 5.73 Å². The number of ether oxygens (including phenoxy) is 1. The lowest BCUT2D eigenvalue weighted by atomic mass is 10.3. The van der Waals surface area contributed by atoms with E-state index in [1.54, 1.807) is 6.20 Å². The SMILES string of the molecule is CC.CC.Cc1cc(OC(C)CCN)ccn1. The molecule has 1 rings (SSSR count). The van der Waals surface area contributed by atoms with Crippen LogP contribution in [0, 0.1) is 6.92 Å². The fourth-order valence-electron chi connectivity index (χ4n) is 1.12. The Labute approximate surface area is 106 Å². The highest BCUT2D eigenvalue weighted by atomic mass is 16.5. The minimum Gasteiger partial charge on any atom is -0.491 e. The van der Waals surface area contributed by atoms with Crippen LogP contribution >= 0.6 is 0 Å². The van der Waals surface area contributed by atoms with Gasteiger partial charge in [0.05, 0.1) is 6.10 Å². The summed E-state index contributed by atoms with van der Waals surface area (Å²) >= 11 is 0. The molecule has 100 valence electrons. The zero-order chi connectivity index (χ0) is 13.7. The molecule has 0 fully saturated rings. The molecule has 0 aliphatic heterocycles. The van der Waals surface area contributed by atoms with Crippen LogP contribution in [0.15, 0.2) is 18.3 Å². The molecule has 1 aromatic rings. The van der Waals surface area contributed by atoms with Crippen LogP contribution in [0.25, 0.3) is 0 Å². The van der Waals surface area contributed by atoms with Gasteiger partial charge in [0, 0.05) is 18.0 Å². The van der Waals surface area contributed by atoms with Gasteiger partial charge in [0.25, 0.3) is 0 Å². The van der Waals surface area contributed by atoms with Gasteiger partial charge in [-0.05, 0) is 32.9 Å². The van der Waals surface area contributed by atoms with Crippen molar-refractivity contribution in [3.05, 3.63) is 24.0 Å². The number of hydrogen-bond acceptors (Lipinski definition) is 3. The van der Waals surface area contributed by atoms with E-state index in [-0.39, 0.29) is 6.10 Å². The van der Waals surface area contributed by atoms with Crippen molar-refractivity contribution < 1.29 is 4.74 Å². The van der Waals surface area contributed by atoms with Crippen molar-refractivity contribution in [3.63, 3.8) is 0 Å². The van der Waals surface area contributed by atoms with Crippen LogP contribution in [0.3, 0.4) is 0 Å². The van der Waals surface area contributed by atoms with Gasteiger partial charge < -0.3 is 10.5 Å². The number of hydrogen-bond donors (Lipinski definition) is 1. The molecule has 0 saturated carbocycles. The summed E-state index contributed by atoms with van der Waals surface area (Å²) < 4.78 is 5.62. The molecule has 0 amide bonds. The predicted molar refractivity (Wildman–Crippen MR) is 75.4 cm³/mol. The molecule has 0 spiro atoms. The zero-order valence-electron chi connectivity index (χ0n) is 12.2. The minimum atomic E-state index is 0.173. The summed E-state index contributed by atoms with van der Waals surface area (Å²) in [6.45, 7) is 12.6. The quantitative estimate of drug-likeness (QED) is 0.875. The topological polar surface area (TPSA) is 48.1 Å². The highest BCUT2D eigenvalue weighted by Gasteiger charge is 2.02. The molecular weight excluding hydrogens is 212 g/mol. The second kappa shape index (κ2) is 13.0. The first-order valence-electron chi connectivity index (χ1n) is 6.51. The van der Waals surface area contributed by atoms with Crippen molar-refractivity contribution in [3.8, 4) is 5.75 Å². The van der Waals surface area contributed by atoms with Crippen LogP contribution in [0.1, 0.15) is 46.7 Å². The molecule has 3 nitrogen and oxygen atoms in total. The molecule has 0 radical (unpaired) electrons. The smallest absolute Gasteiger partial charge is 0.123 e. The number of nitrogens with two attached hydrogens (primary N) is 1. The van der Waals surface area contributed by atoms with Gasteiger partial charge in [0.15, 0.2) is 0 Å². The standard InChI is InChI=1S/C10H16N2O.2C2H6/c1-8-7-10(4-6-12-8)13-9(2)3-5-11;2*1-2/h4,6-7,9H,3,5,11H2,1-2H3;2*1-2H3. The highest BCUT2D eigenvalue weighted by molar-refractivity contribution is 5.21. The summed E-state index contributed by atoms with van der Waals surface area (Å²) in [4.78, 5) is 4.09. The first-order chi connectivity index (χ1) is 8.22. The van der Waals surface area contributed by atoms with E-state index in [4.69, 9.17) is 10.5 Å². The lowest BCUT2D eigenvalue weighted by Gasteiger charge is -2.13. The molecule has 0 aliphatic rings. The van der Waals surface area contributed by atoms with E-state index in [1.165, 1.54) is 0 Å². The Kier molecular flexibility index (Phi) is 14.0. The van der Waals surface area contributed by atoms with Gasteiger partial charge >= 0.3 is 0 Å². The highest BCUT2D eigenvalue weighted by Crippen LogP contribution is 2.12. The van der Waals surface area contributed by atoms with Crippen molar-refractivity contribution in [1.29, 1.82) is 0 Å². The number of rotatable bonds is 4. The molecule has 1 unspecified atom stereocenters. The Hall–Kier alpha value is -1.09. The van der Waals surface area contributed by atoms with Crippen LogP contribution in [-0.2, 0) is 0 Å². The van der Waals surface area contributed by atoms with Gasteiger partial charge in [-0.3, -0.25) is 4.98 Å². The Bertz CT molecular complexity index is 264. The van der Waals surface area contributed by atoms with Gasteiger partial charge in [-0.15, -0.1) is 0 Å². The predicted octanol–water partition coefficient (Wildman–Crippen LogP) is 3.56. The lowest BCUT2D eigenvalue weighted by Crippen LogP contribution is -2.16. The lowest BCUT2D eigenvalue weighted by molar-refractivity contribution is 0.213. The van der Waals surface area contributed by atoms with E-state index in [1.807, 2.05) is 53.7 Å². The average molecular weight is 240 g/mol.